The Bertz CT molecular complexity index is 526. The van der Waals surface area contributed by atoms with Gasteiger partial charge in [-0.15, -0.1) is 0 Å². The minimum atomic E-state index is -0.652. The lowest BCUT2D eigenvalue weighted by molar-refractivity contribution is 0.107. The molecule has 1 N–H and O–H groups in total. The molecular formula is C16H17FO2. The summed E-state index contributed by atoms with van der Waals surface area (Å²) in [6.07, 6.45) is -0.267. The topological polar surface area (TPSA) is 29.5 Å². The number of aliphatic hydroxyl groups excluding tert-OH is 1. The van der Waals surface area contributed by atoms with Crippen molar-refractivity contribution in [1.82, 2.24) is 0 Å². The fourth-order valence-electron chi connectivity index (χ4n) is 1.88. The predicted octanol–water partition coefficient (Wildman–Crippen LogP) is 3.12. The van der Waals surface area contributed by atoms with E-state index in [0.717, 1.165) is 16.9 Å². The van der Waals surface area contributed by atoms with Gasteiger partial charge < -0.3 is 9.84 Å². The highest BCUT2D eigenvalue weighted by atomic mass is 19.1. The second kappa shape index (κ2) is 6.34. The van der Waals surface area contributed by atoms with Crippen LogP contribution < -0.4 is 4.74 Å². The van der Waals surface area contributed by atoms with Crippen LogP contribution in [0.25, 0.3) is 0 Å². The Kier molecular flexibility index (Phi) is 4.53. The first-order valence-electron chi connectivity index (χ1n) is 6.26. The summed E-state index contributed by atoms with van der Waals surface area (Å²) >= 11 is 0. The molecule has 0 bridgehead atoms. The summed E-state index contributed by atoms with van der Waals surface area (Å²) in [5.74, 6) is 0.439. The Morgan fingerprint density at radius 3 is 2.63 bits per heavy atom. The zero-order valence-electron chi connectivity index (χ0n) is 10.8. The Hall–Kier alpha value is -1.87. The average Bonchev–Trinajstić information content (AvgIpc) is 2.42. The molecule has 0 spiro atoms. The first-order valence-corrected chi connectivity index (χ1v) is 6.26. The van der Waals surface area contributed by atoms with E-state index in [1.165, 1.54) is 12.1 Å². The fraction of sp³-hybridized carbons (Fsp3) is 0.250. The molecule has 2 aromatic carbocycles. The van der Waals surface area contributed by atoms with Crippen molar-refractivity contribution in [1.29, 1.82) is 0 Å². The van der Waals surface area contributed by atoms with Gasteiger partial charge in [0.15, 0.2) is 0 Å². The van der Waals surface area contributed by atoms with Crippen molar-refractivity contribution in [3.05, 3.63) is 65.5 Å². The van der Waals surface area contributed by atoms with Gasteiger partial charge in [0.25, 0.3) is 0 Å². The number of halogens is 1. The molecule has 0 aliphatic carbocycles. The number of aryl methyl sites for hydroxylation is 1. The maximum absolute atomic E-state index is 13.1. The maximum atomic E-state index is 13.1. The van der Waals surface area contributed by atoms with Gasteiger partial charge in [-0.1, -0.05) is 24.3 Å². The molecule has 2 rings (SSSR count). The van der Waals surface area contributed by atoms with Crippen molar-refractivity contribution >= 4 is 0 Å². The summed E-state index contributed by atoms with van der Waals surface area (Å²) < 4.78 is 18.6. The average molecular weight is 260 g/mol. The molecule has 3 heteroatoms. The van der Waals surface area contributed by atoms with E-state index in [1.54, 1.807) is 6.07 Å². The van der Waals surface area contributed by atoms with E-state index >= 15 is 0 Å². The molecule has 0 aromatic heterocycles. The second-order valence-corrected chi connectivity index (χ2v) is 4.55. The molecule has 0 heterocycles. The summed E-state index contributed by atoms with van der Waals surface area (Å²) in [6.45, 7) is 2.10. The van der Waals surface area contributed by atoms with Crippen LogP contribution in [0.3, 0.4) is 0 Å². The van der Waals surface area contributed by atoms with Crippen molar-refractivity contribution in [3.8, 4) is 5.75 Å². The standard InChI is InChI=1S/C16H17FO2/c1-12-7-8-14(17)9-13(12)10-15(18)11-19-16-5-3-2-4-6-16/h2-9,15,18H,10-11H2,1H3. The van der Waals surface area contributed by atoms with E-state index in [0.29, 0.717) is 6.42 Å². The molecule has 0 radical (unpaired) electrons. The molecule has 1 atom stereocenters. The number of benzene rings is 2. The molecule has 2 nitrogen and oxygen atoms in total. The zero-order valence-corrected chi connectivity index (χ0v) is 10.8. The Balaban J connectivity index is 1.90. The molecule has 0 saturated carbocycles. The smallest absolute Gasteiger partial charge is 0.123 e. The lowest BCUT2D eigenvalue weighted by Gasteiger charge is -2.14. The van der Waals surface area contributed by atoms with Crippen molar-refractivity contribution in [2.75, 3.05) is 6.61 Å². The summed E-state index contributed by atoms with van der Waals surface area (Å²) in [7, 11) is 0. The van der Waals surface area contributed by atoms with Crippen molar-refractivity contribution < 1.29 is 14.2 Å². The minimum absolute atomic E-state index is 0.194. The van der Waals surface area contributed by atoms with Gasteiger partial charge in [0.1, 0.15) is 18.2 Å². The number of hydrogen-bond donors (Lipinski definition) is 1. The number of ether oxygens (including phenoxy) is 1. The van der Waals surface area contributed by atoms with Crippen molar-refractivity contribution in [2.24, 2.45) is 0 Å². The van der Waals surface area contributed by atoms with Crippen LogP contribution in [0.2, 0.25) is 0 Å². The van der Waals surface area contributed by atoms with Crippen LogP contribution >= 0.6 is 0 Å². The van der Waals surface area contributed by atoms with E-state index in [2.05, 4.69) is 0 Å². The van der Waals surface area contributed by atoms with Crippen LogP contribution in [-0.2, 0) is 6.42 Å². The Labute approximate surface area is 112 Å². The number of hydrogen-bond acceptors (Lipinski definition) is 2. The van der Waals surface area contributed by atoms with E-state index in [4.69, 9.17) is 4.74 Å². The monoisotopic (exact) mass is 260 g/mol. The summed E-state index contributed by atoms with van der Waals surface area (Å²) in [4.78, 5) is 0. The highest BCUT2D eigenvalue weighted by Gasteiger charge is 2.09. The molecule has 0 aliphatic rings. The summed E-state index contributed by atoms with van der Waals surface area (Å²) in [6, 6.07) is 13.9. The second-order valence-electron chi connectivity index (χ2n) is 4.55. The van der Waals surface area contributed by atoms with Gasteiger partial charge in [-0.05, 0) is 42.3 Å². The van der Waals surface area contributed by atoms with Gasteiger partial charge in [-0.25, -0.2) is 4.39 Å². The van der Waals surface area contributed by atoms with E-state index in [9.17, 15) is 9.50 Å². The van der Waals surface area contributed by atoms with E-state index < -0.39 is 6.10 Å². The highest BCUT2D eigenvalue weighted by molar-refractivity contribution is 5.27. The summed E-state index contributed by atoms with van der Waals surface area (Å²) in [5.41, 5.74) is 1.78. The lowest BCUT2D eigenvalue weighted by atomic mass is 10.0. The van der Waals surface area contributed by atoms with Crippen LogP contribution in [0.5, 0.6) is 5.75 Å². The summed E-state index contributed by atoms with van der Waals surface area (Å²) in [5, 5.41) is 9.93. The van der Waals surface area contributed by atoms with Crippen LogP contribution in [0.1, 0.15) is 11.1 Å². The molecular weight excluding hydrogens is 243 g/mol. The fourth-order valence-corrected chi connectivity index (χ4v) is 1.88. The van der Waals surface area contributed by atoms with E-state index in [1.807, 2.05) is 37.3 Å². The lowest BCUT2D eigenvalue weighted by Crippen LogP contribution is -2.20. The number of aliphatic hydroxyl groups is 1. The maximum Gasteiger partial charge on any atom is 0.123 e. The highest BCUT2D eigenvalue weighted by Crippen LogP contribution is 2.14. The minimum Gasteiger partial charge on any atom is -0.491 e. The predicted molar refractivity (Wildman–Crippen MR) is 72.8 cm³/mol. The van der Waals surface area contributed by atoms with Gasteiger partial charge in [0.2, 0.25) is 0 Å². The van der Waals surface area contributed by atoms with Crippen LogP contribution in [0, 0.1) is 12.7 Å². The third kappa shape index (κ3) is 4.07. The van der Waals surface area contributed by atoms with Gasteiger partial charge in [0, 0.05) is 6.42 Å². The molecule has 1 unspecified atom stereocenters. The number of para-hydroxylation sites is 1. The third-order valence-corrected chi connectivity index (χ3v) is 2.95. The van der Waals surface area contributed by atoms with Gasteiger partial charge in [-0.3, -0.25) is 0 Å². The normalized spacial score (nSPS) is 12.2. The SMILES string of the molecule is Cc1ccc(F)cc1CC(O)COc1ccccc1. The molecule has 0 amide bonds. The van der Waals surface area contributed by atoms with Gasteiger partial charge in [-0.2, -0.15) is 0 Å². The van der Waals surface area contributed by atoms with Crippen molar-refractivity contribution in [3.63, 3.8) is 0 Å². The first kappa shape index (κ1) is 13.6. The zero-order chi connectivity index (χ0) is 13.7. The Morgan fingerprint density at radius 2 is 1.89 bits per heavy atom. The molecule has 0 aliphatic heterocycles. The molecule has 100 valence electrons. The largest absolute Gasteiger partial charge is 0.491 e. The molecule has 2 aromatic rings. The van der Waals surface area contributed by atoms with Crippen LogP contribution in [0.15, 0.2) is 48.5 Å². The molecule has 0 saturated heterocycles. The third-order valence-electron chi connectivity index (χ3n) is 2.95. The van der Waals surface area contributed by atoms with Crippen LogP contribution in [-0.4, -0.2) is 17.8 Å². The quantitative estimate of drug-likeness (QED) is 0.895. The van der Waals surface area contributed by atoms with Gasteiger partial charge >= 0.3 is 0 Å². The molecule has 19 heavy (non-hydrogen) atoms. The van der Waals surface area contributed by atoms with Gasteiger partial charge in [0.05, 0.1) is 6.10 Å². The van der Waals surface area contributed by atoms with Crippen molar-refractivity contribution in [2.45, 2.75) is 19.4 Å². The molecule has 0 fully saturated rings. The first-order chi connectivity index (χ1) is 9.15. The van der Waals surface area contributed by atoms with Crippen LogP contribution in [0.4, 0.5) is 4.39 Å². The number of rotatable bonds is 5. The van der Waals surface area contributed by atoms with E-state index in [-0.39, 0.29) is 12.4 Å². The Morgan fingerprint density at radius 1 is 1.16 bits per heavy atom.